The third kappa shape index (κ3) is 3.21. The van der Waals surface area contributed by atoms with Crippen molar-refractivity contribution in [2.24, 2.45) is 0 Å². The lowest BCUT2D eigenvalue weighted by atomic mass is 10.2. The van der Waals surface area contributed by atoms with Crippen LogP contribution in [0.5, 0.6) is 0 Å². The molecule has 4 aromatic rings. The highest BCUT2D eigenvalue weighted by Crippen LogP contribution is 2.22. The molecule has 0 saturated heterocycles. The first-order chi connectivity index (χ1) is 13.0. The van der Waals surface area contributed by atoms with Crippen LogP contribution in [0.3, 0.4) is 0 Å². The molecule has 136 valence electrons. The fourth-order valence-corrected chi connectivity index (χ4v) is 3.12. The number of carbonyl (C=O) groups is 1. The molecule has 4 rings (SSSR count). The third-order valence-electron chi connectivity index (χ3n) is 4.57. The molecule has 0 aliphatic heterocycles. The molecular formula is C21H20N4O2. The minimum atomic E-state index is -0.183. The number of rotatable bonds is 4. The molecule has 0 atom stereocenters. The molecule has 0 fully saturated rings. The van der Waals surface area contributed by atoms with Gasteiger partial charge in [-0.15, -0.1) is 0 Å². The number of hydrogen-bond acceptors (Lipinski definition) is 4. The van der Waals surface area contributed by atoms with Gasteiger partial charge >= 0.3 is 0 Å². The summed E-state index contributed by atoms with van der Waals surface area (Å²) in [6.45, 7) is 5.94. The smallest absolute Gasteiger partial charge is 0.251 e. The Kier molecular flexibility index (Phi) is 4.24. The second-order valence-corrected chi connectivity index (χ2v) is 6.47. The first-order valence-corrected chi connectivity index (χ1v) is 8.78. The van der Waals surface area contributed by atoms with Crippen LogP contribution < -0.4 is 5.32 Å². The van der Waals surface area contributed by atoms with Crippen molar-refractivity contribution in [3.63, 3.8) is 0 Å². The second kappa shape index (κ2) is 6.72. The number of aromatic nitrogens is 3. The van der Waals surface area contributed by atoms with Gasteiger partial charge in [0.05, 0.1) is 23.3 Å². The molecule has 0 unspecified atom stereocenters. The Morgan fingerprint density at radius 1 is 1.07 bits per heavy atom. The van der Waals surface area contributed by atoms with Gasteiger partial charge in [0, 0.05) is 11.3 Å². The van der Waals surface area contributed by atoms with E-state index in [4.69, 9.17) is 4.42 Å². The maximum absolute atomic E-state index is 12.5. The molecule has 6 heteroatoms. The Morgan fingerprint density at radius 2 is 1.85 bits per heavy atom. The SMILES string of the molecule is Cc1nc(CNC(=O)c2ccc3c(c2)nc(C)n3-c2ccccc2)oc1C. The van der Waals surface area contributed by atoms with Gasteiger partial charge in [0.2, 0.25) is 5.89 Å². The highest BCUT2D eigenvalue weighted by molar-refractivity contribution is 5.97. The lowest BCUT2D eigenvalue weighted by Gasteiger charge is -2.07. The summed E-state index contributed by atoms with van der Waals surface area (Å²) in [7, 11) is 0. The molecule has 27 heavy (non-hydrogen) atoms. The number of fused-ring (bicyclic) bond motifs is 1. The Hall–Kier alpha value is -3.41. The monoisotopic (exact) mass is 360 g/mol. The highest BCUT2D eigenvalue weighted by atomic mass is 16.4. The Bertz CT molecular complexity index is 1110. The van der Waals surface area contributed by atoms with E-state index in [1.165, 1.54) is 0 Å². The molecule has 2 aromatic carbocycles. The lowest BCUT2D eigenvalue weighted by molar-refractivity contribution is 0.0947. The fourth-order valence-electron chi connectivity index (χ4n) is 3.12. The van der Waals surface area contributed by atoms with Crippen LogP contribution in [0.15, 0.2) is 52.9 Å². The molecule has 2 aromatic heterocycles. The number of nitrogens with one attached hydrogen (secondary N) is 1. The minimum absolute atomic E-state index is 0.183. The van der Waals surface area contributed by atoms with E-state index in [2.05, 4.69) is 19.9 Å². The Balaban J connectivity index is 1.59. The Labute approximate surface area is 156 Å². The third-order valence-corrected chi connectivity index (χ3v) is 4.57. The Morgan fingerprint density at radius 3 is 2.56 bits per heavy atom. The van der Waals surface area contributed by atoms with E-state index in [1.807, 2.05) is 69.3 Å². The summed E-state index contributed by atoms with van der Waals surface area (Å²) < 4.78 is 7.58. The lowest BCUT2D eigenvalue weighted by Crippen LogP contribution is -2.22. The van der Waals surface area contributed by atoms with Gasteiger partial charge in [-0.05, 0) is 51.1 Å². The second-order valence-electron chi connectivity index (χ2n) is 6.47. The molecule has 2 heterocycles. The van der Waals surface area contributed by atoms with Gasteiger partial charge in [0.1, 0.15) is 11.6 Å². The van der Waals surface area contributed by atoms with Crippen LogP contribution >= 0.6 is 0 Å². The van der Waals surface area contributed by atoms with E-state index < -0.39 is 0 Å². The van der Waals surface area contributed by atoms with Crippen LogP contribution in [-0.4, -0.2) is 20.4 Å². The number of oxazole rings is 1. The number of aryl methyl sites for hydroxylation is 3. The average Bonchev–Trinajstić information content (AvgIpc) is 3.17. The van der Waals surface area contributed by atoms with Gasteiger partial charge in [-0.1, -0.05) is 18.2 Å². The van der Waals surface area contributed by atoms with Crippen LogP contribution in [0.2, 0.25) is 0 Å². The molecular weight excluding hydrogens is 340 g/mol. The number of nitrogens with zero attached hydrogens (tertiary/aromatic N) is 3. The van der Waals surface area contributed by atoms with Gasteiger partial charge in [0.25, 0.3) is 5.91 Å². The predicted molar refractivity (Wildman–Crippen MR) is 103 cm³/mol. The van der Waals surface area contributed by atoms with Crippen LogP contribution in [0.1, 0.15) is 33.5 Å². The van der Waals surface area contributed by atoms with Crippen molar-refractivity contribution in [1.29, 1.82) is 0 Å². The molecule has 0 bridgehead atoms. The van der Waals surface area contributed by atoms with E-state index in [1.54, 1.807) is 0 Å². The first-order valence-electron chi connectivity index (χ1n) is 8.78. The van der Waals surface area contributed by atoms with Crippen LogP contribution in [-0.2, 0) is 6.54 Å². The van der Waals surface area contributed by atoms with Gasteiger partial charge in [-0.2, -0.15) is 0 Å². The molecule has 0 spiro atoms. The summed E-state index contributed by atoms with van der Waals surface area (Å²) in [6, 6.07) is 15.6. The largest absolute Gasteiger partial charge is 0.444 e. The fraction of sp³-hybridized carbons (Fsp3) is 0.190. The molecule has 6 nitrogen and oxygen atoms in total. The number of hydrogen-bond donors (Lipinski definition) is 1. The minimum Gasteiger partial charge on any atom is -0.444 e. The normalized spacial score (nSPS) is 11.1. The van der Waals surface area contributed by atoms with Crippen LogP contribution in [0.25, 0.3) is 16.7 Å². The van der Waals surface area contributed by atoms with Crippen molar-refractivity contribution < 1.29 is 9.21 Å². The van der Waals surface area contributed by atoms with Crippen molar-refractivity contribution >= 4 is 16.9 Å². The molecule has 0 aliphatic rings. The topological polar surface area (TPSA) is 73.0 Å². The van der Waals surface area contributed by atoms with Crippen molar-refractivity contribution in [2.75, 3.05) is 0 Å². The van der Waals surface area contributed by atoms with E-state index in [9.17, 15) is 4.79 Å². The predicted octanol–water partition coefficient (Wildman–Crippen LogP) is 3.87. The number of amides is 1. The van der Waals surface area contributed by atoms with E-state index in [0.29, 0.717) is 11.5 Å². The van der Waals surface area contributed by atoms with E-state index in [-0.39, 0.29) is 12.5 Å². The van der Waals surface area contributed by atoms with Gasteiger partial charge < -0.3 is 9.73 Å². The van der Waals surface area contributed by atoms with E-state index >= 15 is 0 Å². The average molecular weight is 360 g/mol. The molecule has 0 radical (unpaired) electrons. The maximum atomic E-state index is 12.5. The maximum Gasteiger partial charge on any atom is 0.251 e. The van der Waals surface area contributed by atoms with E-state index in [0.717, 1.165) is 34.0 Å². The van der Waals surface area contributed by atoms with Gasteiger partial charge in [-0.25, -0.2) is 9.97 Å². The standard InChI is InChI=1S/C21H20N4O2/c1-13-14(2)27-20(23-13)12-22-21(26)16-9-10-19-18(11-16)24-15(3)25(19)17-7-5-4-6-8-17/h4-11H,12H2,1-3H3,(H,22,26). The zero-order chi connectivity index (χ0) is 19.0. The summed E-state index contributed by atoms with van der Waals surface area (Å²) >= 11 is 0. The molecule has 0 saturated carbocycles. The molecule has 1 amide bonds. The molecule has 1 N–H and O–H groups in total. The van der Waals surface area contributed by atoms with Gasteiger partial charge in [-0.3, -0.25) is 9.36 Å². The highest BCUT2D eigenvalue weighted by Gasteiger charge is 2.13. The van der Waals surface area contributed by atoms with Crippen molar-refractivity contribution in [2.45, 2.75) is 27.3 Å². The van der Waals surface area contributed by atoms with Gasteiger partial charge in [0.15, 0.2) is 0 Å². The molecule has 0 aliphatic carbocycles. The summed E-state index contributed by atoms with van der Waals surface area (Å²) in [5, 5.41) is 2.84. The van der Waals surface area contributed by atoms with Crippen molar-refractivity contribution in [3.05, 3.63) is 77.3 Å². The summed E-state index contributed by atoms with van der Waals surface area (Å²) in [4.78, 5) is 21.4. The number of benzene rings is 2. The number of carbonyl (C=O) groups excluding carboxylic acids is 1. The first kappa shape index (κ1) is 17.0. The summed E-state index contributed by atoms with van der Waals surface area (Å²) in [6.07, 6.45) is 0. The summed E-state index contributed by atoms with van der Waals surface area (Å²) in [5.41, 5.74) is 4.19. The van der Waals surface area contributed by atoms with Crippen molar-refractivity contribution in [1.82, 2.24) is 19.9 Å². The van der Waals surface area contributed by atoms with Crippen LogP contribution in [0.4, 0.5) is 0 Å². The zero-order valence-electron chi connectivity index (χ0n) is 15.5. The van der Waals surface area contributed by atoms with Crippen molar-refractivity contribution in [3.8, 4) is 5.69 Å². The summed E-state index contributed by atoms with van der Waals surface area (Å²) in [5.74, 6) is 1.96. The number of para-hydroxylation sites is 1. The quantitative estimate of drug-likeness (QED) is 0.600. The van der Waals surface area contributed by atoms with Crippen LogP contribution in [0, 0.1) is 20.8 Å². The zero-order valence-corrected chi connectivity index (χ0v) is 15.5. The number of imidazole rings is 1.